The van der Waals surface area contributed by atoms with Gasteiger partial charge in [-0.05, 0) is 43.5 Å². The van der Waals surface area contributed by atoms with Crippen molar-refractivity contribution in [1.82, 2.24) is 5.32 Å². The van der Waals surface area contributed by atoms with Crippen LogP contribution in [0.2, 0.25) is 0 Å². The molecule has 100 valence electrons. The van der Waals surface area contributed by atoms with E-state index in [1.807, 2.05) is 12.1 Å². The summed E-state index contributed by atoms with van der Waals surface area (Å²) in [6.45, 7) is 6.95. The maximum atomic E-state index is 10.9. The molecule has 0 aliphatic rings. The first-order chi connectivity index (χ1) is 8.65. The molecule has 0 heterocycles. The zero-order valence-electron chi connectivity index (χ0n) is 11.6. The van der Waals surface area contributed by atoms with E-state index in [1.165, 1.54) is 25.3 Å². The molecule has 0 aromatic heterocycles. The number of rotatable bonds is 7. The molecular weight excluding hydrogens is 224 g/mol. The lowest BCUT2D eigenvalue weighted by molar-refractivity contribution is -0.114. The monoisotopic (exact) mass is 248 g/mol. The number of amides is 1. The largest absolute Gasteiger partial charge is 0.326 e. The fraction of sp³-hybridized carbons (Fsp3) is 0.533. The van der Waals surface area contributed by atoms with Gasteiger partial charge >= 0.3 is 0 Å². The van der Waals surface area contributed by atoms with Crippen LogP contribution in [0.3, 0.4) is 0 Å². The van der Waals surface area contributed by atoms with Gasteiger partial charge in [0.1, 0.15) is 0 Å². The highest BCUT2D eigenvalue weighted by atomic mass is 16.1. The normalized spacial score (nSPS) is 10.7. The van der Waals surface area contributed by atoms with E-state index in [1.54, 1.807) is 0 Å². The molecular formula is C15H24N2O. The molecule has 1 amide bonds. The number of hydrogen-bond acceptors (Lipinski definition) is 2. The van der Waals surface area contributed by atoms with Crippen LogP contribution in [0.5, 0.6) is 0 Å². The van der Waals surface area contributed by atoms with Crippen LogP contribution in [-0.2, 0) is 11.2 Å². The zero-order chi connectivity index (χ0) is 13.4. The second-order valence-corrected chi connectivity index (χ2v) is 4.60. The Labute approximate surface area is 110 Å². The maximum absolute atomic E-state index is 10.9. The van der Waals surface area contributed by atoms with Crippen molar-refractivity contribution in [2.45, 2.75) is 46.1 Å². The molecule has 0 bridgehead atoms. The predicted molar refractivity (Wildman–Crippen MR) is 76.8 cm³/mol. The molecule has 3 nitrogen and oxygen atoms in total. The molecule has 1 aromatic carbocycles. The summed E-state index contributed by atoms with van der Waals surface area (Å²) < 4.78 is 0. The fourth-order valence-corrected chi connectivity index (χ4v) is 1.96. The Kier molecular flexibility index (Phi) is 6.44. The maximum Gasteiger partial charge on any atom is 0.221 e. The van der Waals surface area contributed by atoms with E-state index in [4.69, 9.17) is 0 Å². The highest BCUT2D eigenvalue weighted by molar-refractivity contribution is 5.88. The summed E-state index contributed by atoms with van der Waals surface area (Å²) in [5, 5.41) is 6.31. The molecule has 1 rings (SSSR count). The van der Waals surface area contributed by atoms with Crippen molar-refractivity contribution in [3.05, 3.63) is 29.8 Å². The van der Waals surface area contributed by atoms with Crippen molar-refractivity contribution in [2.75, 3.05) is 11.9 Å². The van der Waals surface area contributed by atoms with Gasteiger partial charge in [-0.3, -0.25) is 4.79 Å². The molecule has 0 aliphatic carbocycles. The van der Waals surface area contributed by atoms with E-state index in [0.29, 0.717) is 6.04 Å². The Morgan fingerprint density at radius 3 is 2.28 bits per heavy atom. The van der Waals surface area contributed by atoms with Gasteiger partial charge in [0.05, 0.1) is 0 Å². The summed E-state index contributed by atoms with van der Waals surface area (Å²) in [5.74, 6) is -0.0295. The highest BCUT2D eigenvalue weighted by Crippen LogP contribution is 2.09. The van der Waals surface area contributed by atoms with Crippen LogP contribution in [0.1, 0.15) is 39.2 Å². The average molecular weight is 248 g/mol. The van der Waals surface area contributed by atoms with Crippen LogP contribution in [0.25, 0.3) is 0 Å². The molecule has 0 spiro atoms. The Bertz CT molecular complexity index is 355. The van der Waals surface area contributed by atoms with Crippen LogP contribution in [0.4, 0.5) is 5.69 Å². The Hall–Kier alpha value is -1.35. The first kappa shape index (κ1) is 14.7. The molecule has 0 fully saturated rings. The predicted octanol–water partition coefficient (Wildman–Crippen LogP) is 2.97. The summed E-state index contributed by atoms with van der Waals surface area (Å²) in [7, 11) is 0. The van der Waals surface area contributed by atoms with E-state index in [9.17, 15) is 4.79 Å². The van der Waals surface area contributed by atoms with Gasteiger partial charge in [0.25, 0.3) is 0 Å². The van der Waals surface area contributed by atoms with Crippen molar-refractivity contribution in [1.29, 1.82) is 0 Å². The second-order valence-electron chi connectivity index (χ2n) is 4.60. The summed E-state index contributed by atoms with van der Waals surface area (Å²) in [6, 6.07) is 8.67. The summed E-state index contributed by atoms with van der Waals surface area (Å²) in [6.07, 6.45) is 3.38. The lowest BCUT2D eigenvalue weighted by Crippen LogP contribution is -2.29. The molecule has 0 atom stereocenters. The smallest absolute Gasteiger partial charge is 0.221 e. The topological polar surface area (TPSA) is 41.1 Å². The van der Waals surface area contributed by atoms with Gasteiger partial charge in [0.2, 0.25) is 5.91 Å². The lowest BCUT2D eigenvalue weighted by atomic mass is 10.1. The highest BCUT2D eigenvalue weighted by Gasteiger charge is 2.01. The fourth-order valence-electron chi connectivity index (χ4n) is 1.96. The summed E-state index contributed by atoms with van der Waals surface area (Å²) in [5.41, 5.74) is 2.15. The minimum atomic E-state index is -0.0295. The van der Waals surface area contributed by atoms with Crippen LogP contribution in [-0.4, -0.2) is 18.5 Å². The molecule has 0 saturated heterocycles. The number of carbonyl (C=O) groups is 1. The van der Waals surface area contributed by atoms with E-state index in [2.05, 4.69) is 36.6 Å². The van der Waals surface area contributed by atoms with Crippen LogP contribution < -0.4 is 10.6 Å². The van der Waals surface area contributed by atoms with E-state index >= 15 is 0 Å². The van der Waals surface area contributed by atoms with Gasteiger partial charge in [0.15, 0.2) is 0 Å². The standard InChI is InChI=1S/C15H24N2O/c1-4-14(5-2)16-11-10-13-6-8-15(9-7-13)17-12(3)18/h6-9,14,16H,4-5,10-11H2,1-3H3,(H,17,18). The lowest BCUT2D eigenvalue weighted by Gasteiger charge is -2.14. The number of nitrogens with one attached hydrogen (secondary N) is 2. The van der Waals surface area contributed by atoms with Gasteiger partial charge in [-0.25, -0.2) is 0 Å². The summed E-state index contributed by atoms with van der Waals surface area (Å²) in [4.78, 5) is 10.9. The van der Waals surface area contributed by atoms with Gasteiger partial charge in [-0.2, -0.15) is 0 Å². The minimum Gasteiger partial charge on any atom is -0.326 e. The van der Waals surface area contributed by atoms with Gasteiger partial charge < -0.3 is 10.6 Å². The molecule has 1 aromatic rings. The zero-order valence-corrected chi connectivity index (χ0v) is 11.6. The van der Waals surface area contributed by atoms with Gasteiger partial charge in [0, 0.05) is 18.7 Å². The molecule has 3 heteroatoms. The third-order valence-corrected chi connectivity index (χ3v) is 3.11. The molecule has 0 aliphatic heterocycles. The van der Waals surface area contributed by atoms with E-state index < -0.39 is 0 Å². The Balaban J connectivity index is 2.37. The number of hydrogen-bond donors (Lipinski definition) is 2. The Morgan fingerprint density at radius 2 is 1.78 bits per heavy atom. The minimum absolute atomic E-state index is 0.0295. The number of anilines is 1. The van der Waals surface area contributed by atoms with Crippen molar-refractivity contribution in [3.63, 3.8) is 0 Å². The van der Waals surface area contributed by atoms with Crippen molar-refractivity contribution in [3.8, 4) is 0 Å². The third-order valence-electron chi connectivity index (χ3n) is 3.11. The Morgan fingerprint density at radius 1 is 1.17 bits per heavy atom. The first-order valence-corrected chi connectivity index (χ1v) is 6.75. The summed E-state index contributed by atoms with van der Waals surface area (Å²) >= 11 is 0. The van der Waals surface area contributed by atoms with Crippen LogP contribution in [0, 0.1) is 0 Å². The van der Waals surface area contributed by atoms with Crippen LogP contribution in [0.15, 0.2) is 24.3 Å². The molecule has 0 unspecified atom stereocenters. The second kappa shape index (κ2) is 7.88. The van der Waals surface area contributed by atoms with E-state index in [0.717, 1.165) is 18.7 Å². The average Bonchev–Trinajstić information content (AvgIpc) is 2.36. The quantitative estimate of drug-likeness (QED) is 0.779. The van der Waals surface area contributed by atoms with Crippen molar-refractivity contribution < 1.29 is 4.79 Å². The molecule has 18 heavy (non-hydrogen) atoms. The van der Waals surface area contributed by atoms with Gasteiger partial charge in [-0.15, -0.1) is 0 Å². The first-order valence-electron chi connectivity index (χ1n) is 6.75. The van der Waals surface area contributed by atoms with Crippen LogP contribution >= 0.6 is 0 Å². The van der Waals surface area contributed by atoms with Crippen molar-refractivity contribution in [2.24, 2.45) is 0 Å². The van der Waals surface area contributed by atoms with Crippen molar-refractivity contribution >= 4 is 11.6 Å². The molecule has 0 radical (unpaired) electrons. The number of benzene rings is 1. The number of carbonyl (C=O) groups excluding carboxylic acids is 1. The molecule has 0 saturated carbocycles. The van der Waals surface area contributed by atoms with Gasteiger partial charge in [-0.1, -0.05) is 26.0 Å². The third kappa shape index (κ3) is 5.32. The SMILES string of the molecule is CCC(CC)NCCc1ccc(NC(C)=O)cc1. The van der Waals surface area contributed by atoms with E-state index in [-0.39, 0.29) is 5.91 Å². The molecule has 2 N–H and O–H groups in total.